The van der Waals surface area contributed by atoms with Gasteiger partial charge in [-0.05, 0) is 48.4 Å². The van der Waals surface area contributed by atoms with Gasteiger partial charge in [-0.15, -0.1) is 0 Å². The third kappa shape index (κ3) is 1.89. The summed E-state index contributed by atoms with van der Waals surface area (Å²) in [7, 11) is 0. The first-order valence-corrected chi connectivity index (χ1v) is 4.89. The Hall–Kier alpha value is -1.90. The quantitative estimate of drug-likeness (QED) is 0.729. The highest BCUT2D eigenvalue weighted by atomic mass is 19.1. The topological polar surface area (TPSA) is 26.0 Å². The van der Waals surface area contributed by atoms with Crippen LogP contribution >= 0.6 is 0 Å². The molecular weight excluding hydrogens is 208 g/mol. The summed E-state index contributed by atoms with van der Waals surface area (Å²) in [5, 5.41) is 0. The number of hydrogen-bond acceptors (Lipinski definition) is 1. The molecule has 1 nitrogen and oxygen atoms in total. The molecule has 0 radical (unpaired) electrons. The van der Waals surface area contributed by atoms with Crippen LogP contribution in [0, 0.1) is 18.6 Å². The lowest BCUT2D eigenvalue weighted by molar-refractivity contribution is 0.626. The third-order valence-electron chi connectivity index (χ3n) is 2.51. The summed E-state index contributed by atoms with van der Waals surface area (Å²) in [5.74, 6) is -0.739. The molecule has 0 aliphatic heterocycles. The van der Waals surface area contributed by atoms with Crippen LogP contribution in [0.3, 0.4) is 0 Å². The lowest BCUT2D eigenvalue weighted by Gasteiger charge is -2.09. The first kappa shape index (κ1) is 10.6. The van der Waals surface area contributed by atoms with E-state index in [0.717, 1.165) is 5.56 Å². The van der Waals surface area contributed by atoms with Crippen LogP contribution in [0.2, 0.25) is 0 Å². The highest BCUT2D eigenvalue weighted by molar-refractivity contribution is 5.78. The van der Waals surface area contributed by atoms with Crippen molar-refractivity contribution in [2.75, 3.05) is 5.73 Å². The van der Waals surface area contributed by atoms with E-state index in [9.17, 15) is 8.78 Å². The molecule has 0 aliphatic carbocycles. The van der Waals surface area contributed by atoms with Crippen LogP contribution in [0.5, 0.6) is 0 Å². The van der Waals surface area contributed by atoms with Crippen molar-refractivity contribution in [1.29, 1.82) is 0 Å². The SMILES string of the molecule is Cc1ccc(F)cc1-c1cc(F)ccc1N. The maximum absolute atomic E-state index is 13.1. The fourth-order valence-electron chi connectivity index (χ4n) is 1.65. The molecule has 0 saturated carbocycles. The number of nitrogen functional groups attached to an aromatic ring is 1. The number of aryl methyl sites for hydroxylation is 1. The van der Waals surface area contributed by atoms with E-state index in [4.69, 9.17) is 5.73 Å². The standard InChI is InChI=1S/C13H11F2N/c1-8-2-3-9(14)6-11(8)12-7-10(15)4-5-13(12)16/h2-7H,16H2,1H3. The number of nitrogens with two attached hydrogens (primary N) is 1. The molecule has 2 rings (SSSR count). The molecule has 82 valence electrons. The Morgan fingerprint density at radius 3 is 2.12 bits per heavy atom. The fourth-order valence-corrected chi connectivity index (χ4v) is 1.65. The Morgan fingerprint density at radius 1 is 0.875 bits per heavy atom. The molecule has 3 heteroatoms. The molecule has 0 bridgehead atoms. The normalized spacial score (nSPS) is 10.4. The lowest BCUT2D eigenvalue weighted by atomic mass is 9.99. The van der Waals surface area contributed by atoms with Gasteiger partial charge in [0.15, 0.2) is 0 Å². The predicted molar refractivity (Wildman–Crippen MR) is 60.9 cm³/mol. The van der Waals surface area contributed by atoms with E-state index < -0.39 is 0 Å². The maximum atomic E-state index is 13.1. The number of benzene rings is 2. The number of hydrogen-bond donors (Lipinski definition) is 1. The molecule has 0 spiro atoms. The van der Waals surface area contributed by atoms with Crippen molar-refractivity contribution in [2.24, 2.45) is 0 Å². The largest absolute Gasteiger partial charge is 0.398 e. The molecule has 16 heavy (non-hydrogen) atoms. The van der Waals surface area contributed by atoms with Gasteiger partial charge in [-0.1, -0.05) is 6.07 Å². The summed E-state index contributed by atoms with van der Waals surface area (Å²) < 4.78 is 26.2. The van der Waals surface area contributed by atoms with Crippen molar-refractivity contribution in [3.8, 4) is 11.1 Å². The first-order valence-electron chi connectivity index (χ1n) is 4.89. The van der Waals surface area contributed by atoms with Crippen molar-refractivity contribution in [3.05, 3.63) is 53.6 Å². The molecule has 0 saturated heterocycles. The molecular formula is C13H11F2N. The maximum Gasteiger partial charge on any atom is 0.123 e. The van der Waals surface area contributed by atoms with Gasteiger partial charge >= 0.3 is 0 Å². The van der Waals surface area contributed by atoms with Gasteiger partial charge in [0, 0.05) is 11.3 Å². The van der Waals surface area contributed by atoms with Gasteiger partial charge in [0.05, 0.1) is 0 Å². The van der Waals surface area contributed by atoms with E-state index in [-0.39, 0.29) is 11.6 Å². The summed E-state index contributed by atoms with van der Waals surface area (Å²) in [4.78, 5) is 0. The number of rotatable bonds is 1. The van der Waals surface area contributed by atoms with Crippen LogP contribution in [0.1, 0.15) is 5.56 Å². The van der Waals surface area contributed by atoms with Crippen LogP contribution in [0.15, 0.2) is 36.4 Å². The van der Waals surface area contributed by atoms with Gasteiger partial charge in [-0.3, -0.25) is 0 Å². The van der Waals surface area contributed by atoms with E-state index in [1.165, 1.54) is 30.3 Å². The molecule has 0 aromatic heterocycles. The molecule has 0 unspecified atom stereocenters. The molecule has 2 N–H and O–H groups in total. The zero-order valence-corrected chi connectivity index (χ0v) is 8.80. The van der Waals surface area contributed by atoms with Crippen LogP contribution in [0.4, 0.5) is 14.5 Å². The van der Waals surface area contributed by atoms with Gasteiger partial charge in [0.25, 0.3) is 0 Å². The Bertz CT molecular complexity index is 486. The third-order valence-corrected chi connectivity index (χ3v) is 2.51. The van der Waals surface area contributed by atoms with E-state index in [0.29, 0.717) is 16.8 Å². The highest BCUT2D eigenvalue weighted by Crippen LogP contribution is 2.29. The summed E-state index contributed by atoms with van der Waals surface area (Å²) in [5.41, 5.74) is 8.20. The molecule has 0 fully saturated rings. The zero-order chi connectivity index (χ0) is 11.7. The summed E-state index contributed by atoms with van der Waals surface area (Å²) in [6.07, 6.45) is 0. The van der Waals surface area contributed by atoms with Crippen molar-refractivity contribution in [2.45, 2.75) is 6.92 Å². The summed E-state index contributed by atoms with van der Waals surface area (Å²) >= 11 is 0. The van der Waals surface area contributed by atoms with Gasteiger partial charge < -0.3 is 5.73 Å². The van der Waals surface area contributed by atoms with Crippen molar-refractivity contribution in [3.63, 3.8) is 0 Å². The average molecular weight is 219 g/mol. The second kappa shape index (κ2) is 3.93. The van der Waals surface area contributed by atoms with Gasteiger partial charge in [-0.25, -0.2) is 8.78 Å². The summed E-state index contributed by atoms with van der Waals surface area (Å²) in [6.45, 7) is 1.83. The van der Waals surface area contributed by atoms with Gasteiger partial charge in [0.1, 0.15) is 11.6 Å². The van der Waals surface area contributed by atoms with Crippen LogP contribution < -0.4 is 5.73 Å². The minimum atomic E-state index is -0.382. The van der Waals surface area contributed by atoms with Crippen molar-refractivity contribution >= 4 is 5.69 Å². The van der Waals surface area contributed by atoms with Crippen molar-refractivity contribution < 1.29 is 8.78 Å². The van der Waals surface area contributed by atoms with E-state index in [1.807, 2.05) is 6.92 Å². The van der Waals surface area contributed by atoms with E-state index in [1.54, 1.807) is 6.07 Å². The molecule has 2 aromatic rings. The van der Waals surface area contributed by atoms with E-state index in [2.05, 4.69) is 0 Å². The molecule has 0 amide bonds. The van der Waals surface area contributed by atoms with Crippen LogP contribution in [0.25, 0.3) is 11.1 Å². The summed E-state index contributed by atoms with van der Waals surface area (Å²) in [6, 6.07) is 8.46. The van der Waals surface area contributed by atoms with Gasteiger partial charge in [0.2, 0.25) is 0 Å². The Morgan fingerprint density at radius 2 is 1.44 bits per heavy atom. The molecule has 2 aromatic carbocycles. The Kier molecular flexibility index (Phi) is 2.60. The Labute approximate surface area is 92.5 Å². The predicted octanol–water partition coefficient (Wildman–Crippen LogP) is 3.52. The van der Waals surface area contributed by atoms with Gasteiger partial charge in [-0.2, -0.15) is 0 Å². The molecule has 0 aliphatic rings. The highest BCUT2D eigenvalue weighted by Gasteiger charge is 2.08. The first-order chi connectivity index (χ1) is 7.58. The van der Waals surface area contributed by atoms with E-state index >= 15 is 0 Å². The monoisotopic (exact) mass is 219 g/mol. The van der Waals surface area contributed by atoms with Crippen LogP contribution in [-0.2, 0) is 0 Å². The minimum absolute atomic E-state index is 0.357. The lowest BCUT2D eigenvalue weighted by Crippen LogP contribution is -1.93. The number of halogens is 2. The second-order valence-electron chi connectivity index (χ2n) is 3.69. The number of anilines is 1. The van der Waals surface area contributed by atoms with Crippen molar-refractivity contribution in [1.82, 2.24) is 0 Å². The fraction of sp³-hybridized carbons (Fsp3) is 0.0769. The Balaban J connectivity index is 2.66. The molecule has 0 heterocycles. The smallest absolute Gasteiger partial charge is 0.123 e. The second-order valence-corrected chi connectivity index (χ2v) is 3.69. The zero-order valence-electron chi connectivity index (χ0n) is 8.80. The molecule has 0 atom stereocenters. The minimum Gasteiger partial charge on any atom is -0.398 e. The average Bonchev–Trinajstić information content (AvgIpc) is 2.25. The van der Waals surface area contributed by atoms with Crippen LogP contribution in [-0.4, -0.2) is 0 Å².